The average Bonchev–Trinajstić information content (AvgIpc) is 2.74. The fourth-order valence-corrected chi connectivity index (χ4v) is 3.01. The number of hydrogen-bond acceptors (Lipinski definition) is 2. The monoisotopic (exact) mass is 236 g/mol. The lowest BCUT2D eigenvalue weighted by atomic mass is 9.76. The summed E-state index contributed by atoms with van der Waals surface area (Å²) < 4.78 is 1.94. The Kier molecular flexibility index (Phi) is 4.21. The highest BCUT2D eigenvalue weighted by molar-refractivity contribution is 5.00. The van der Waals surface area contributed by atoms with Gasteiger partial charge in [0.2, 0.25) is 0 Å². The van der Waals surface area contributed by atoms with Crippen molar-refractivity contribution in [1.82, 2.24) is 9.78 Å². The Morgan fingerprint density at radius 1 is 1.47 bits per heavy atom. The number of aryl methyl sites for hydroxylation is 2. The first-order valence-corrected chi connectivity index (χ1v) is 6.85. The molecular formula is C14H24N2O. The maximum Gasteiger partial charge on any atom is 0.0568 e. The minimum absolute atomic E-state index is 0.0778. The summed E-state index contributed by atoms with van der Waals surface area (Å²) in [6.45, 7) is 2.26. The molecule has 1 aliphatic rings. The van der Waals surface area contributed by atoms with Gasteiger partial charge in [-0.2, -0.15) is 5.10 Å². The van der Waals surface area contributed by atoms with Crippen molar-refractivity contribution < 1.29 is 5.11 Å². The Hall–Kier alpha value is -0.830. The van der Waals surface area contributed by atoms with E-state index in [9.17, 15) is 5.11 Å². The van der Waals surface area contributed by atoms with Crippen LogP contribution in [0.2, 0.25) is 0 Å². The van der Waals surface area contributed by atoms with E-state index in [1.54, 1.807) is 0 Å². The minimum Gasteiger partial charge on any atom is -0.393 e. The normalized spacial score (nSPS) is 29.5. The molecule has 0 spiro atoms. The molecule has 1 heterocycles. The zero-order chi connectivity index (χ0) is 12.3. The summed E-state index contributed by atoms with van der Waals surface area (Å²) in [4.78, 5) is 0. The van der Waals surface area contributed by atoms with Crippen LogP contribution in [0.4, 0.5) is 0 Å². The standard InChI is InChI=1S/C14H24N2O/c1-3-11-4-7-14(17)12(10-11)5-6-13-8-9-15-16(13)2/h8-9,11-12,14,17H,3-7,10H2,1-2H3. The first-order valence-electron chi connectivity index (χ1n) is 6.85. The van der Waals surface area contributed by atoms with Crippen LogP contribution in [0.15, 0.2) is 12.3 Å². The zero-order valence-electron chi connectivity index (χ0n) is 11.0. The van der Waals surface area contributed by atoms with Gasteiger partial charge in [-0.15, -0.1) is 0 Å². The summed E-state index contributed by atoms with van der Waals surface area (Å²) in [6, 6.07) is 2.08. The summed E-state index contributed by atoms with van der Waals surface area (Å²) in [5.74, 6) is 1.32. The van der Waals surface area contributed by atoms with Crippen LogP contribution in [-0.4, -0.2) is 21.0 Å². The SMILES string of the molecule is CCC1CCC(O)C(CCc2ccnn2C)C1. The molecule has 0 radical (unpaired) electrons. The summed E-state index contributed by atoms with van der Waals surface area (Å²) in [5.41, 5.74) is 1.27. The van der Waals surface area contributed by atoms with Crippen molar-refractivity contribution in [2.75, 3.05) is 0 Å². The van der Waals surface area contributed by atoms with Gasteiger partial charge in [0.25, 0.3) is 0 Å². The number of aliphatic hydroxyl groups is 1. The molecule has 0 aromatic carbocycles. The van der Waals surface area contributed by atoms with Gasteiger partial charge in [-0.1, -0.05) is 13.3 Å². The Balaban J connectivity index is 1.87. The van der Waals surface area contributed by atoms with Gasteiger partial charge < -0.3 is 5.11 Å². The molecule has 0 amide bonds. The summed E-state index contributed by atoms with van der Waals surface area (Å²) in [7, 11) is 1.99. The molecule has 0 bridgehead atoms. The lowest BCUT2D eigenvalue weighted by molar-refractivity contribution is 0.0430. The molecular weight excluding hydrogens is 212 g/mol. The highest BCUT2D eigenvalue weighted by Gasteiger charge is 2.27. The number of aliphatic hydroxyl groups excluding tert-OH is 1. The predicted molar refractivity (Wildman–Crippen MR) is 68.7 cm³/mol. The third kappa shape index (κ3) is 3.09. The van der Waals surface area contributed by atoms with E-state index in [-0.39, 0.29) is 6.10 Å². The molecule has 1 aromatic rings. The maximum absolute atomic E-state index is 10.1. The Morgan fingerprint density at radius 2 is 2.29 bits per heavy atom. The van der Waals surface area contributed by atoms with Gasteiger partial charge >= 0.3 is 0 Å². The smallest absolute Gasteiger partial charge is 0.0568 e. The third-order valence-corrected chi connectivity index (χ3v) is 4.32. The van der Waals surface area contributed by atoms with Gasteiger partial charge in [-0.25, -0.2) is 0 Å². The maximum atomic E-state index is 10.1. The third-order valence-electron chi connectivity index (χ3n) is 4.32. The van der Waals surface area contributed by atoms with Crippen molar-refractivity contribution in [2.45, 2.75) is 51.6 Å². The van der Waals surface area contributed by atoms with Gasteiger partial charge in [0.15, 0.2) is 0 Å². The van der Waals surface area contributed by atoms with Crippen LogP contribution < -0.4 is 0 Å². The van der Waals surface area contributed by atoms with Crippen molar-refractivity contribution in [1.29, 1.82) is 0 Å². The van der Waals surface area contributed by atoms with E-state index in [1.165, 1.54) is 25.0 Å². The topological polar surface area (TPSA) is 38.1 Å². The molecule has 3 heteroatoms. The molecule has 1 fully saturated rings. The molecule has 1 saturated carbocycles. The molecule has 3 nitrogen and oxygen atoms in total. The van der Waals surface area contributed by atoms with Crippen LogP contribution in [0, 0.1) is 11.8 Å². The average molecular weight is 236 g/mol. The molecule has 2 rings (SSSR count). The Labute approximate surface area is 104 Å². The summed E-state index contributed by atoms with van der Waals surface area (Å²) >= 11 is 0. The number of hydrogen-bond donors (Lipinski definition) is 1. The predicted octanol–water partition coefficient (Wildman–Crippen LogP) is 2.54. The van der Waals surface area contributed by atoms with Crippen LogP contribution >= 0.6 is 0 Å². The molecule has 0 saturated heterocycles. The van der Waals surface area contributed by atoms with E-state index < -0.39 is 0 Å². The molecule has 3 unspecified atom stereocenters. The van der Waals surface area contributed by atoms with Gasteiger partial charge in [0, 0.05) is 18.9 Å². The van der Waals surface area contributed by atoms with Crippen molar-refractivity contribution in [2.24, 2.45) is 18.9 Å². The molecule has 17 heavy (non-hydrogen) atoms. The van der Waals surface area contributed by atoms with Crippen molar-refractivity contribution in [3.05, 3.63) is 18.0 Å². The highest BCUT2D eigenvalue weighted by atomic mass is 16.3. The van der Waals surface area contributed by atoms with Crippen LogP contribution in [0.3, 0.4) is 0 Å². The van der Waals surface area contributed by atoms with Crippen molar-refractivity contribution in [3.63, 3.8) is 0 Å². The van der Waals surface area contributed by atoms with Crippen LogP contribution in [0.5, 0.6) is 0 Å². The second-order valence-electron chi connectivity index (χ2n) is 5.40. The highest BCUT2D eigenvalue weighted by Crippen LogP contribution is 2.33. The largest absolute Gasteiger partial charge is 0.393 e. The van der Waals surface area contributed by atoms with Crippen molar-refractivity contribution in [3.8, 4) is 0 Å². The van der Waals surface area contributed by atoms with Crippen molar-refractivity contribution >= 4 is 0 Å². The van der Waals surface area contributed by atoms with Gasteiger partial charge in [-0.3, -0.25) is 4.68 Å². The second-order valence-corrected chi connectivity index (χ2v) is 5.40. The van der Waals surface area contributed by atoms with E-state index in [1.807, 2.05) is 17.9 Å². The molecule has 0 aliphatic heterocycles. The van der Waals surface area contributed by atoms with Gasteiger partial charge in [0.1, 0.15) is 0 Å². The lowest BCUT2D eigenvalue weighted by Gasteiger charge is -2.33. The number of aromatic nitrogens is 2. The Morgan fingerprint density at radius 3 is 2.94 bits per heavy atom. The molecule has 1 aromatic heterocycles. The van der Waals surface area contributed by atoms with E-state index in [4.69, 9.17) is 0 Å². The van der Waals surface area contributed by atoms with E-state index in [0.29, 0.717) is 5.92 Å². The van der Waals surface area contributed by atoms with Crippen LogP contribution in [0.25, 0.3) is 0 Å². The lowest BCUT2D eigenvalue weighted by Crippen LogP contribution is -2.29. The first kappa shape index (κ1) is 12.6. The first-order chi connectivity index (χ1) is 8.20. The number of rotatable bonds is 4. The molecule has 96 valence electrons. The molecule has 3 atom stereocenters. The van der Waals surface area contributed by atoms with E-state index in [0.717, 1.165) is 25.2 Å². The summed E-state index contributed by atoms with van der Waals surface area (Å²) in [5, 5.41) is 14.2. The van der Waals surface area contributed by atoms with E-state index >= 15 is 0 Å². The van der Waals surface area contributed by atoms with Crippen LogP contribution in [-0.2, 0) is 13.5 Å². The van der Waals surface area contributed by atoms with Gasteiger partial charge in [-0.05, 0) is 50.0 Å². The minimum atomic E-state index is -0.0778. The fraction of sp³-hybridized carbons (Fsp3) is 0.786. The Bertz CT molecular complexity index is 348. The van der Waals surface area contributed by atoms with Crippen LogP contribution in [0.1, 0.15) is 44.7 Å². The molecule has 1 N–H and O–H groups in total. The molecule has 1 aliphatic carbocycles. The van der Waals surface area contributed by atoms with E-state index in [2.05, 4.69) is 18.1 Å². The number of nitrogens with zero attached hydrogens (tertiary/aromatic N) is 2. The quantitative estimate of drug-likeness (QED) is 0.872. The zero-order valence-corrected chi connectivity index (χ0v) is 11.0. The van der Waals surface area contributed by atoms with Gasteiger partial charge in [0.05, 0.1) is 6.10 Å². The second kappa shape index (κ2) is 5.67. The fourth-order valence-electron chi connectivity index (χ4n) is 3.01. The summed E-state index contributed by atoms with van der Waals surface area (Å²) in [6.07, 6.45) is 8.57.